The molecule has 9 nitrogen and oxygen atoms in total. The monoisotopic (exact) mass is 848 g/mol. The predicted molar refractivity (Wildman–Crippen MR) is 247 cm³/mol. The van der Waals surface area contributed by atoms with Crippen LogP contribution in [0.3, 0.4) is 0 Å². The quantitative estimate of drug-likeness (QED) is 0.0266. The highest BCUT2D eigenvalue weighted by molar-refractivity contribution is 7.47. The van der Waals surface area contributed by atoms with Crippen LogP contribution in [-0.2, 0) is 32.7 Å². The van der Waals surface area contributed by atoms with Gasteiger partial charge in [-0.15, -0.1) is 0 Å². The van der Waals surface area contributed by atoms with E-state index in [1.165, 1.54) is 77.0 Å². The van der Waals surface area contributed by atoms with Gasteiger partial charge in [0.15, 0.2) is 6.10 Å². The zero-order valence-corrected chi connectivity index (χ0v) is 38.4. The van der Waals surface area contributed by atoms with E-state index in [1.54, 1.807) is 0 Å². The standard InChI is InChI=1S/C49H86NO8P/c1-3-5-7-9-11-13-15-17-18-19-20-21-22-23-24-25-26-27-28-30-32-34-36-38-40-42-49(52)58-47(46-57-59(53,54)56-44-43-50)45-55-48(51)41-39-37-35-33-31-29-16-14-12-10-8-6-4-2/h6,8,12,14-15,17,19-20,22-23,29,31,47H,3-5,7,9-11,13,16,18,21,24-28,30,32-46,50H2,1-2H3,(H,53,54)/b8-6-,14-12-,17-15-,20-19-,23-22-,31-29-. The second-order valence-electron chi connectivity index (χ2n) is 15.2. The highest BCUT2D eigenvalue weighted by Crippen LogP contribution is 2.43. The van der Waals surface area contributed by atoms with Crippen molar-refractivity contribution in [2.45, 2.75) is 200 Å². The Balaban J connectivity index is 4.09. The van der Waals surface area contributed by atoms with Crippen LogP contribution in [-0.4, -0.2) is 49.3 Å². The normalized spacial score (nSPS) is 13.9. The second-order valence-corrected chi connectivity index (χ2v) is 16.7. The number of rotatable bonds is 43. The van der Waals surface area contributed by atoms with Gasteiger partial charge >= 0.3 is 19.8 Å². The maximum absolute atomic E-state index is 12.6. The van der Waals surface area contributed by atoms with Gasteiger partial charge in [0, 0.05) is 19.4 Å². The zero-order valence-electron chi connectivity index (χ0n) is 37.5. The summed E-state index contributed by atoms with van der Waals surface area (Å²) in [5.74, 6) is -0.871. The lowest BCUT2D eigenvalue weighted by molar-refractivity contribution is -0.161. The minimum absolute atomic E-state index is 0.0452. The third kappa shape index (κ3) is 44.8. The van der Waals surface area contributed by atoms with E-state index in [-0.39, 0.29) is 32.6 Å². The summed E-state index contributed by atoms with van der Waals surface area (Å²) in [5.41, 5.74) is 5.35. The van der Waals surface area contributed by atoms with Crippen LogP contribution in [0.5, 0.6) is 0 Å². The molecule has 0 aromatic heterocycles. The molecule has 0 amide bonds. The number of phosphoric acid groups is 1. The first-order valence-corrected chi connectivity index (χ1v) is 24.9. The Kier molecular flexibility index (Phi) is 43.0. The Morgan fingerprint density at radius 1 is 0.525 bits per heavy atom. The summed E-state index contributed by atoms with van der Waals surface area (Å²) in [5, 5.41) is 0. The van der Waals surface area contributed by atoms with Crippen LogP contribution in [0.4, 0.5) is 0 Å². The lowest BCUT2D eigenvalue weighted by Crippen LogP contribution is -2.29. The fraction of sp³-hybridized carbons (Fsp3) is 0.714. The molecule has 0 saturated heterocycles. The number of phosphoric ester groups is 1. The van der Waals surface area contributed by atoms with Crippen molar-refractivity contribution in [2.75, 3.05) is 26.4 Å². The van der Waals surface area contributed by atoms with Crippen LogP contribution < -0.4 is 5.73 Å². The van der Waals surface area contributed by atoms with Crippen LogP contribution in [0.1, 0.15) is 194 Å². The average Bonchev–Trinajstić information content (AvgIpc) is 3.22. The highest BCUT2D eigenvalue weighted by Gasteiger charge is 2.26. The molecule has 0 aromatic carbocycles. The van der Waals surface area contributed by atoms with Gasteiger partial charge in [0.05, 0.1) is 13.2 Å². The van der Waals surface area contributed by atoms with E-state index in [0.29, 0.717) is 12.8 Å². The van der Waals surface area contributed by atoms with Gasteiger partial charge in [-0.1, -0.05) is 170 Å². The molecule has 10 heteroatoms. The number of esters is 2. The van der Waals surface area contributed by atoms with E-state index in [4.69, 9.17) is 24.3 Å². The van der Waals surface area contributed by atoms with E-state index in [2.05, 4.69) is 86.8 Å². The maximum atomic E-state index is 12.6. The van der Waals surface area contributed by atoms with E-state index < -0.39 is 32.5 Å². The second kappa shape index (κ2) is 45.0. The molecule has 0 bridgehead atoms. The minimum Gasteiger partial charge on any atom is -0.462 e. The van der Waals surface area contributed by atoms with Gasteiger partial charge in [0.2, 0.25) is 0 Å². The van der Waals surface area contributed by atoms with Gasteiger partial charge in [-0.25, -0.2) is 4.57 Å². The van der Waals surface area contributed by atoms with Crippen LogP contribution in [0, 0.1) is 0 Å². The number of allylic oxidation sites excluding steroid dienone is 12. The van der Waals surface area contributed by atoms with Crippen molar-refractivity contribution >= 4 is 19.8 Å². The maximum Gasteiger partial charge on any atom is 0.472 e. The zero-order chi connectivity index (χ0) is 43.2. The first kappa shape index (κ1) is 56.5. The van der Waals surface area contributed by atoms with Crippen LogP contribution in [0.15, 0.2) is 72.9 Å². The topological polar surface area (TPSA) is 134 Å². The first-order chi connectivity index (χ1) is 28.8. The smallest absolute Gasteiger partial charge is 0.462 e. The summed E-state index contributed by atoms with van der Waals surface area (Å²) in [4.78, 5) is 34.9. The van der Waals surface area contributed by atoms with Crippen molar-refractivity contribution in [1.82, 2.24) is 0 Å². The Hall–Kier alpha value is -2.55. The molecule has 59 heavy (non-hydrogen) atoms. The summed E-state index contributed by atoms with van der Waals surface area (Å²) < 4.78 is 32.8. The number of hydrogen-bond acceptors (Lipinski definition) is 8. The summed E-state index contributed by atoms with van der Waals surface area (Å²) in [6.07, 6.45) is 55.1. The molecule has 0 spiro atoms. The van der Waals surface area contributed by atoms with E-state index >= 15 is 0 Å². The average molecular weight is 848 g/mol. The lowest BCUT2D eigenvalue weighted by Gasteiger charge is -2.19. The summed E-state index contributed by atoms with van der Waals surface area (Å²) in [6, 6.07) is 0. The molecular formula is C49H86NO8P. The van der Waals surface area contributed by atoms with Gasteiger partial charge in [-0.05, 0) is 83.5 Å². The Morgan fingerprint density at radius 2 is 0.932 bits per heavy atom. The van der Waals surface area contributed by atoms with Gasteiger partial charge < -0.3 is 20.1 Å². The van der Waals surface area contributed by atoms with Gasteiger partial charge in [-0.2, -0.15) is 0 Å². The van der Waals surface area contributed by atoms with Crippen LogP contribution in [0.25, 0.3) is 0 Å². The van der Waals surface area contributed by atoms with Gasteiger partial charge in [-0.3, -0.25) is 18.6 Å². The highest BCUT2D eigenvalue weighted by atomic mass is 31.2. The number of hydrogen-bond donors (Lipinski definition) is 2. The Bertz CT molecular complexity index is 1190. The molecule has 0 aliphatic carbocycles. The van der Waals surface area contributed by atoms with Crippen LogP contribution in [0.2, 0.25) is 0 Å². The molecule has 0 radical (unpaired) electrons. The Labute approximate surface area is 361 Å². The van der Waals surface area contributed by atoms with Crippen molar-refractivity contribution in [3.05, 3.63) is 72.9 Å². The molecule has 0 fully saturated rings. The van der Waals surface area contributed by atoms with E-state index in [0.717, 1.165) is 77.0 Å². The van der Waals surface area contributed by atoms with Crippen molar-refractivity contribution in [2.24, 2.45) is 5.73 Å². The fourth-order valence-corrected chi connectivity index (χ4v) is 6.89. The summed E-state index contributed by atoms with van der Waals surface area (Å²) >= 11 is 0. The third-order valence-corrected chi connectivity index (χ3v) is 10.6. The molecule has 0 aliphatic rings. The molecule has 0 aliphatic heterocycles. The largest absolute Gasteiger partial charge is 0.472 e. The van der Waals surface area contributed by atoms with E-state index in [1.807, 2.05) is 0 Å². The number of unbranched alkanes of at least 4 members (excludes halogenated alkanes) is 18. The third-order valence-electron chi connectivity index (χ3n) is 9.58. The first-order valence-electron chi connectivity index (χ1n) is 23.4. The van der Waals surface area contributed by atoms with Crippen LogP contribution >= 0.6 is 7.82 Å². The number of carbonyl (C=O) groups is 2. The predicted octanol–water partition coefficient (Wildman–Crippen LogP) is 13.8. The van der Waals surface area contributed by atoms with Gasteiger partial charge in [0.25, 0.3) is 0 Å². The van der Waals surface area contributed by atoms with Gasteiger partial charge in [0.1, 0.15) is 6.61 Å². The van der Waals surface area contributed by atoms with Crippen molar-refractivity contribution in [3.8, 4) is 0 Å². The molecule has 0 aromatic rings. The van der Waals surface area contributed by atoms with Crippen molar-refractivity contribution in [3.63, 3.8) is 0 Å². The molecular weight excluding hydrogens is 762 g/mol. The summed E-state index contributed by atoms with van der Waals surface area (Å²) in [6.45, 7) is 3.56. The fourth-order valence-electron chi connectivity index (χ4n) is 6.13. The summed E-state index contributed by atoms with van der Waals surface area (Å²) in [7, 11) is -4.39. The number of carbonyl (C=O) groups excluding carboxylic acids is 2. The van der Waals surface area contributed by atoms with Crippen molar-refractivity contribution < 1.29 is 37.6 Å². The molecule has 0 saturated carbocycles. The van der Waals surface area contributed by atoms with E-state index in [9.17, 15) is 19.0 Å². The number of ether oxygens (including phenoxy) is 2. The SMILES string of the molecule is CC/C=C\C/C=C\C/C=C\CCCCCC(=O)OCC(COP(=O)(O)OCCN)OC(=O)CCCCCCCCCCCC/C=C\C/C=C\C/C=C\CCCCCCC. The Morgan fingerprint density at radius 3 is 1.41 bits per heavy atom. The molecule has 2 atom stereocenters. The molecule has 2 unspecified atom stereocenters. The lowest BCUT2D eigenvalue weighted by atomic mass is 10.0. The molecule has 0 rings (SSSR count). The minimum atomic E-state index is -4.39. The number of nitrogens with two attached hydrogens (primary N) is 1. The molecule has 340 valence electrons. The molecule has 0 heterocycles. The molecule has 3 N–H and O–H groups in total. The van der Waals surface area contributed by atoms with Crippen molar-refractivity contribution in [1.29, 1.82) is 0 Å².